The van der Waals surface area contributed by atoms with Crippen molar-refractivity contribution in [2.45, 2.75) is 32.7 Å². The zero-order valence-corrected chi connectivity index (χ0v) is 13.2. The fraction of sp³-hybridized carbons (Fsp3) is 0.562. The summed E-state index contributed by atoms with van der Waals surface area (Å²) in [5.74, 6) is 1.26. The van der Waals surface area contributed by atoms with Crippen LogP contribution < -0.4 is 20.1 Å². The second kappa shape index (κ2) is 6.35. The molecular formula is C16H24N2O3. The molecule has 1 aliphatic heterocycles. The van der Waals surface area contributed by atoms with E-state index in [0.717, 1.165) is 19.4 Å². The summed E-state index contributed by atoms with van der Waals surface area (Å²) in [6, 6.07) is 5.16. The van der Waals surface area contributed by atoms with E-state index >= 15 is 0 Å². The number of amides is 1. The fourth-order valence-electron chi connectivity index (χ4n) is 2.77. The van der Waals surface area contributed by atoms with Crippen molar-refractivity contribution >= 4 is 11.6 Å². The highest BCUT2D eigenvalue weighted by molar-refractivity contribution is 5.96. The van der Waals surface area contributed by atoms with E-state index in [0.29, 0.717) is 17.2 Å². The third-order valence-corrected chi connectivity index (χ3v) is 4.06. The predicted molar refractivity (Wildman–Crippen MR) is 83.0 cm³/mol. The minimum atomic E-state index is -0.196. The van der Waals surface area contributed by atoms with Gasteiger partial charge >= 0.3 is 0 Å². The van der Waals surface area contributed by atoms with Crippen LogP contribution in [0.3, 0.4) is 0 Å². The number of nitrogens with one attached hydrogen (secondary N) is 2. The zero-order valence-electron chi connectivity index (χ0n) is 13.2. The van der Waals surface area contributed by atoms with E-state index in [2.05, 4.69) is 24.5 Å². The van der Waals surface area contributed by atoms with Crippen LogP contribution in [0.2, 0.25) is 0 Å². The number of methoxy groups -OCH3 is 2. The molecular weight excluding hydrogens is 268 g/mol. The number of anilines is 1. The van der Waals surface area contributed by atoms with Crippen LogP contribution >= 0.6 is 0 Å². The Morgan fingerprint density at radius 3 is 2.71 bits per heavy atom. The maximum Gasteiger partial charge on any atom is 0.242 e. The molecule has 1 heterocycles. The van der Waals surface area contributed by atoms with E-state index in [1.54, 1.807) is 32.4 Å². The Bertz CT molecular complexity index is 514. The maximum absolute atomic E-state index is 12.5. The van der Waals surface area contributed by atoms with Gasteiger partial charge in [-0.3, -0.25) is 4.79 Å². The highest BCUT2D eigenvalue weighted by Gasteiger charge is 2.37. The molecule has 1 fully saturated rings. The highest BCUT2D eigenvalue weighted by atomic mass is 16.5. The van der Waals surface area contributed by atoms with Crippen molar-refractivity contribution in [2.75, 3.05) is 26.1 Å². The smallest absolute Gasteiger partial charge is 0.242 e. The molecule has 1 aromatic rings. The quantitative estimate of drug-likeness (QED) is 0.895. The third kappa shape index (κ3) is 3.47. The van der Waals surface area contributed by atoms with Gasteiger partial charge < -0.3 is 20.1 Å². The molecule has 1 amide bonds. The molecule has 21 heavy (non-hydrogen) atoms. The molecule has 116 valence electrons. The van der Waals surface area contributed by atoms with E-state index in [1.807, 2.05) is 0 Å². The topological polar surface area (TPSA) is 59.6 Å². The van der Waals surface area contributed by atoms with Crippen molar-refractivity contribution in [1.82, 2.24) is 5.32 Å². The Hall–Kier alpha value is -1.75. The molecule has 0 aliphatic carbocycles. The van der Waals surface area contributed by atoms with Gasteiger partial charge in [-0.2, -0.15) is 0 Å². The largest absolute Gasteiger partial charge is 0.497 e. The van der Waals surface area contributed by atoms with Crippen molar-refractivity contribution in [3.8, 4) is 11.5 Å². The molecule has 1 aliphatic rings. The number of carbonyl (C=O) groups excluding carboxylic acids is 1. The van der Waals surface area contributed by atoms with Gasteiger partial charge in [0.2, 0.25) is 5.91 Å². The molecule has 1 aromatic carbocycles. The van der Waals surface area contributed by atoms with Crippen LogP contribution in [-0.2, 0) is 4.79 Å². The van der Waals surface area contributed by atoms with Crippen molar-refractivity contribution in [1.29, 1.82) is 0 Å². The van der Waals surface area contributed by atoms with E-state index in [4.69, 9.17) is 9.47 Å². The molecule has 1 unspecified atom stereocenters. The average Bonchev–Trinajstić information content (AvgIpc) is 2.47. The van der Waals surface area contributed by atoms with Crippen molar-refractivity contribution in [3.63, 3.8) is 0 Å². The van der Waals surface area contributed by atoms with Crippen molar-refractivity contribution < 1.29 is 14.3 Å². The van der Waals surface area contributed by atoms with Crippen LogP contribution in [0.1, 0.15) is 26.7 Å². The second-order valence-electron chi connectivity index (χ2n) is 6.03. The van der Waals surface area contributed by atoms with E-state index in [9.17, 15) is 4.79 Å². The Balaban J connectivity index is 2.15. The van der Waals surface area contributed by atoms with Crippen LogP contribution in [-0.4, -0.2) is 32.7 Å². The van der Waals surface area contributed by atoms with Crippen LogP contribution in [0.4, 0.5) is 5.69 Å². The van der Waals surface area contributed by atoms with Gasteiger partial charge in [-0.15, -0.1) is 0 Å². The number of piperidine rings is 1. The normalized spacial score (nSPS) is 20.7. The van der Waals surface area contributed by atoms with Gasteiger partial charge in [0.15, 0.2) is 0 Å². The molecule has 0 aromatic heterocycles. The van der Waals surface area contributed by atoms with E-state index in [1.165, 1.54) is 0 Å². The van der Waals surface area contributed by atoms with Crippen LogP contribution in [0.5, 0.6) is 11.5 Å². The molecule has 1 saturated heterocycles. The predicted octanol–water partition coefficient (Wildman–Crippen LogP) is 2.42. The SMILES string of the molecule is COc1ccc(NC(=O)C2NCCCC2(C)C)c(OC)c1. The third-order valence-electron chi connectivity index (χ3n) is 4.06. The van der Waals surface area contributed by atoms with Crippen LogP contribution in [0.25, 0.3) is 0 Å². The van der Waals surface area contributed by atoms with Gasteiger partial charge in [-0.05, 0) is 36.9 Å². The summed E-state index contributed by atoms with van der Waals surface area (Å²) in [4.78, 5) is 12.5. The average molecular weight is 292 g/mol. The number of benzene rings is 1. The Kier molecular flexibility index (Phi) is 4.73. The number of carbonyl (C=O) groups is 1. The Morgan fingerprint density at radius 1 is 1.33 bits per heavy atom. The lowest BCUT2D eigenvalue weighted by Crippen LogP contribution is -2.53. The van der Waals surface area contributed by atoms with Gasteiger partial charge in [0.1, 0.15) is 11.5 Å². The molecule has 2 rings (SSSR count). The fourth-order valence-corrected chi connectivity index (χ4v) is 2.77. The zero-order chi connectivity index (χ0) is 15.5. The first kappa shape index (κ1) is 15.6. The van der Waals surface area contributed by atoms with Gasteiger partial charge in [-0.25, -0.2) is 0 Å². The summed E-state index contributed by atoms with van der Waals surface area (Å²) in [6.07, 6.45) is 2.14. The lowest BCUT2D eigenvalue weighted by Gasteiger charge is -2.38. The summed E-state index contributed by atoms with van der Waals surface area (Å²) in [6.45, 7) is 5.12. The van der Waals surface area contributed by atoms with Crippen molar-refractivity contribution in [2.24, 2.45) is 5.41 Å². The molecule has 5 nitrogen and oxygen atoms in total. The lowest BCUT2D eigenvalue weighted by molar-refractivity contribution is -0.121. The highest BCUT2D eigenvalue weighted by Crippen LogP contribution is 2.33. The molecule has 0 bridgehead atoms. The summed E-state index contributed by atoms with van der Waals surface area (Å²) >= 11 is 0. The van der Waals surface area contributed by atoms with Crippen LogP contribution in [0, 0.1) is 5.41 Å². The summed E-state index contributed by atoms with van der Waals surface area (Å²) in [5.41, 5.74) is 0.605. The Labute approximate surface area is 126 Å². The maximum atomic E-state index is 12.5. The summed E-state index contributed by atoms with van der Waals surface area (Å²) < 4.78 is 10.5. The number of rotatable bonds is 4. The van der Waals surface area contributed by atoms with E-state index in [-0.39, 0.29) is 17.4 Å². The molecule has 1 atom stereocenters. The van der Waals surface area contributed by atoms with Gasteiger partial charge in [-0.1, -0.05) is 13.8 Å². The molecule has 0 radical (unpaired) electrons. The summed E-state index contributed by atoms with van der Waals surface area (Å²) in [7, 11) is 3.18. The molecule has 0 spiro atoms. The first-order valence-corrected chi connectivity index (χ1v) is 7.24. The standard InChI is InChI=1S/C16H24N2O3/c1-16(2)8-5-9-17-14(16)15(19)18-12-7-6-11(20-3)10-13(12)21-4/h6-7,10,14,17H,5,8-9H2,1-4H3,(H,18,19). The number of ether oxygens (including phenoxy) is 2. The van der Waals surface area contributed by atoms with Crippen LogP contribution in [0.15, 0.2) is 18.2 Å². The van der Waals surface area contributed by atoms with Gasteiger partial charge in [0.25, 0.3) is 0 Å². The monoisotopic (exact) mass is 292 g/mol. The lowest BCUT2D eigenvalue weighted by atomic mass is 9.77. The second-order valence-corrected chi connectivity index (χ2v) is 6.03. The number of hydrogen-bond acceptors (Lipinski definition) is 4. The van der Waals surface area contributed by atoms with E-state index < -0.39 is 0 Å². The molecule has 0 saturated carbocycles. The summed E-state index contributed by atoms with van der Waals surface area (Å²) in [5, 5.41) is 6.27. The minimum absolute atomic E-state index is 0.0248. The van der Waals surface area contributed by atoms with Crippen molar-refractivity contribution in [3.05, 3.63) is 18.2 Å². The minimum Gasteiger partial charge on any atom is -0.497 e. The first-order valence-electron chi connectivity index (χ1n) is 7.24. The molecule has 5 heteroatoms. The molecule has 2 N–H and O–H groups in total. The van der Waals surface area contributed by atoms with Gasteiger partial charge in [0.05, 0.1) is 25.9 Å². The van der Waals surface area contributed by atoms with Gasteiger partial charge in [0, 0.05) is 6.07 Å². The first-order chi connectivity index (χ1) is 9.97. The number of hydrogen-bond donors (Lipinski definition) is 2. The Morgan fingerprint density at radius 2 is 2.10 bits per heavy atom.